The van der Waals surface area contributed by atoms with Crippen molar-refractivity contribution in [2.75, 3.05) is 6.61 Å². The summed E-state index contributed by atoms with van der Waals surface area (Å²) in [6, 6.07) is 0.136. The average Bonchev–Trinajstić information content (AvgIpc) is 2.49. The maximum absolute atomic E-state index is 6.19. The summed E-state index contributed by atoms with van der Waals surface area (Å²) in [4.78, 5) is 0. The van der Waals surface area contributed by atoms with Crippen LogP contribution in [0.4, 0.5) is 0 Å². The zero-order valence-corrected chi connectivity index (χ0v) is 13.5. The first-order valence-electron chi connectivity index (χ1n) is 7.55. The molecule has 1 rings (SSSR count). The molecule has 1 heterocycles. The van der Waals surface area contributed by atoms with Crippen LogP contribution in [-0.2, 0) is 9.47 Å². The Hall–Kier alpha value is -0.160. The van der Waals surface area contributed by atoms with Gasteiger partial charge in [0.25, 0.3) is 0 Å². The molecule has 1 aliphatic rings. The van der Waals surface area contributed by atoms with Gasteiger partial charge in [0.2, 0.25) is 0 Å². The Morgan fingerprint density at radius 2 is 1.95 bits per heavy atom. The van der Waals surface area contributed by atoms with Crippen LogP contribution in [0.25, 0.3) is 0 Å². The Morgan fingerprint density at radius 3 is 2.32 bits per heavy atom. The van der Waals surface area contributed by atoms with E-state index in [0.29, 0.717) is 5.92 Å². The van der Waals surface area contributed by atoms with Crippen molar-refractivity contribution in [3.63, 3.8) is 0 Å². The van der Waals surface area contributed by atoms with Crippen molar-refractivity contribution in [2.45, 2.75) is 84.2 Å². The van der Waals surface area contributed by atoms with Crippen molar-refractivity contribution in [3.8, 4) is 0 Å². The van der Waals surface area contributed by atoms with Gasteiger partial charge in [-0.15, -0.1) is 0 Å². The topological polar surface area (TPSA) is 56.5 Å². The molecule has 1 saturated heterocycles. The fourth-order valence-electron chi connectivity index (χ4n) is 3.51. The second-order valence-electron chi connectivity index (χ2n) is 6.75. The van der Waals surface area contributed by atoms with Crippen molar-refractivity contribution in [1.29, 1.82) is 0 Å². The number of hydrogen-bond donors (Lipinski definition) is 2. The number of hydrogen-bond acceptors (Lipinski definition) is 4. The molecule has 0 radical (unpaired) electrons. The number of rotatable bonds is 7. The summed E-state index contributed by atoms with van der Waals surface area (Å²) >= 11 is 0. The smallest absolute Gasteiger partial charge is 0.0745 e. The highest BCUT2D eigenvalue weighted by atomic mass is 16.5. The SMILES string of the molecule is CCCC(OCC)C(NN)C1CC(C)(C)OC1(C)C. The largest absolute Gasteiger partial charge is 0.377 e. The highest BCUT2D eigenvalue weighted by molar-refractivity contribution is 5.01. The fraction of sp³-hybridized carbons (Fsp3) is 1.00. The molecule has 0 spiro atoms. The first kappa shape index (κ1) is 16.9. The minimum Gasteiger partial charge on any atom is -0.377 e. The van der Waals surface area contributed by atoms with E-state index in [0.717, 1.165) is 25.9 Å². The predicted molar refractivity (Wildman–Crippen MR) is 78.8 cm³/mol. The van der Waals surface area contributed by atoms with Gasteiger partial charge in [-0.2, -0.15) is 0 Å². The van der Waals surface area contributed by atoms with Crippen LogP contribution in [0.5, 0.6) is 0 Å². The molecule has 0 aromatic heterocycles. The molecule has 0 bridgehead atoms. The lowest BCUT2D eigenvalue weighted by Crippen LogP contribution is -2.54. The molecule has 0 saturated carbocycles. The molecule has 1 aliphatic heterocycles. The lowest BCUT2D eigenvalue weighted by atomic mass is 9.79. The van der Waals surface area contributed by atoms with E-state index in [-0.39, 0.29) is 23.3 Å². The Balaban J connectivity index is 2.88. The summed E-state index contributed by atoms with van der Waals surface area (Å²) < 4.78 is 12.1. The third kappa shape index (κ3) is 4.15. The molecule has 3 N–H and O–H groups in total. The zero-order valence-electron chi connectivity index (χ0n) is 13.5. The van der Waals surface area contributed by atoms with E-state index >= 15 is 0 Å². The van der Waals surface area contributed by atoms with E-state index in [1.807, 2.05) is 6.92 Å². The molecule has 4 heteroatoms. The van der Waals surface area contributed by atoms with Crippen molar-refractivity contribution < 1.29 is 9.47 Å². The number of hydrazine groups is 1. The summed E-state index contributed by atoms with van der Waals surface area (Å²) in [5.74, 6) is 6.20. The van der Waals surface area contributed by atoms with Crippen LogP contribution in [-0.4, -0.2) is 30.0 Å². The number of nitrogens with two attached hydrogens (primary N) is 1. The van der Waals surface area contributed by atoms with Gasteiger partial charge in [-0.05, 0) is 47.5 Å². The Bertz CT molecular complexity index is 273. The average molecular weight is 272 g/mol. The van der Waals surface area contributed by atoms with E-state index in [1.54, 1.807) is 0 Å². The van der Waals surface area contributed by atoms with E-state index in [1.165, 1.54) is 0 Å². The predicted octanol–water partition coefficient (Wildman–Crippen LogP) is 2.62. The Morgan fingerprint density at radius 1 is 1.32 bits per heavy atom. The second-order valence-corrected chi connectivity index (χ2v) is 6.75. The third-order valence-electron chi connectivity index (χ3n) is 4.12. The van der Waals surface area contributed by atoms with E-state index in [2.05, 4.69) is 40.0 Å². The lowest BCUT2D eigenvalue weighted by molar-refractivity contribution is -0.0866. The van der Waals surface area contributed by atoms with Crippen molar-refractivity contribution in [3.05, 3.63) is 0 Å². The molecular formula is C15H32N2O2. The van der Waals surface area contributed by atoms with Gasteiger partial charge in [0.1, 0.15) is 0 Å². The monoisotopic (exact) mass is 272 g/mol. The summed E-state index contributed by atoms with van der Waals surface area (Å²) in [7, 11) is 0. The van der Waals surface area contributed by atoms with Gasteiger partial charge in [0.05, 0.1) is 23.3 Å². The van der Waals surface area contributed by atoms with Gasteiger partial charge in [0.15, 0.2) is 0 Å². The van der Waals surface area contributed by atoms with Gasteiger partial charge in [-0.25, -0.2) is 0 Å². The lowest BCUT2D eigenvalue weighted by Gasteiger charge is -2.37. The molecule has 1 fully saturated rings. The van der Waals surface area contributed by atoms with Gasteiger partial charge < -0.3 is 9.47 Å². The zero-order chi connectivity index (χ0) is 14.7. The summed E-state index contributed by atoms with van der Waals surface area (Å²) in [6.07, 6.45) is 3.28. The molecule has 3 atom stereocenters. The molecule has 19 heavy (non-hydrogen) atoms. The maximum atomic E-state index is 6.19. The van der Waals surface area contributed by atoms with E-state index in [4.69, 9.17) is 15.3 Å². The maximum Gasteiger partial charge on any atom is 0.0745 e. The van der Waals surface area contributed by atoms with Crippen LogP contribution in [0.1, 0.15) is 60.8 Å². The Labute approximate surface area is 118 Å². The van der Waals surface area contributed by atoms with Gasteiger partial charge in [-0.3, -0.25) is 11.3 Å². The fourth-order valence-corrected chi connectivity index (χ4v) is 3.51. The van der Waals surface area contributed by atoms with Gasteiger partial charge in [-0.1, -0.05) is 13.3 Å². The van der Waals surface area contributed by atoms with Crippen LogP contribution in [0.2, 0.25) is 0 Å². The molecule has 0 aromatic rings. The number of ether oxygens (including phenoxy) is 2. The second kappa shape index (κ2) is 6.53. The molecule has 0 amide bonds. The van der Waals surface area contributed by atoms with Crippen LogP contribution in [0, 0.1) is 5.92 Å². The van der Waals surface area contributed by atoms with Gasteiger partial charge >= 0.3 is 0 Å². The summed E-state index contributed by atoms with van der Waals surface area (Å²) in [5, 5.41) is 0. The molecule has 0 aromatic carbocycles. The molecule has 4 nitrogen and oxygen atoms in total. The van der Waals surface area contributed by atoms with Crippen molar-refractivity contribution in [1.82, 2.24) is 5.43 Å². The van der Waals surface area contributed by atoms with Crippen LogP contribution < -0.4 is 11.3 Å². The highest BCUT2D eigenvalue weighted by Crippen LogP contribution is 2.44. The summed E-state index contributed by atoms with van der Waals surface area (Å²) in [6.45, 7) is 13.6. The number of nitrogens with one attached hydrogen (secondary N) is 1. The molecular weight excluding hydrogens is 240 g/mol. The first-order valence-corrected chi connectivity index (χ1v) is 7.55. The Kier molecular flexibility index (Phi) is 5.80. The van der Waals surface area contributed by atoms with Crippen LogP contribution in [0.15, 0.2) is 0 Å². The van der Waals surface area contributed by atoms with Gasteiger partial charge in [0, 0.05) is 12.5 Å². The molecule has 3 unspecified atom stereocenters. The minimum absolute atomic E-state index is 0.0910. The van der Waals surface area contributed by atoms with Crippen LogP contribution >= 0.6 is 0 Å². The summed E-state index contributed by atoms with van der Waals surface area (Å²) in [5.41, 5.74) is 2.73. The van der Waals surface area contributed by atoms with Crippen LogP contribution in [0.3, 0.4) is 0 Å². The van der Waals surface area contributed by atoms with E-state index < -0.39 is 0 Å². The highest BCUT2D eigenvalue weighted by Gasteiger charge is 2.50. The van der Waals surface area contributed by atoms with Crippen molar-refractivity contribution >= 4 is 0 Å². The standard InChI is InChI=1S/C15H32N2O2/c1-7-9-12(18-8-2)13(17-16)11-10-14(3,4)19-15(11,5)6/h11-13,17H,7-10,16H2,1-6H3. The molecule has 114 valence electrons. The van der Waals surface area contributed by atoms with Crippen molar-refractivity contribution in [2.24, 2.45) is 11.8 Å². The normalized spacial score (nSPS) is 28.3. The third-order valence-corrected chi connectivity index (χ3v) is 4.12. The molecule has 0 aliphatic carbocycles. The first-order chi connectivity index (χ1) is 8.77. The minimum atomic E-state index is -0.177. The van der Waals surface area contributed by atoms with E-state index in [9.17, 15) is 0 Å². The quantitative estimate of drug-likeness (QED) is 0.552.